The van der Waals surface area contributed by atoms with Crippen molar-refractivity contribution in [1.29, 1.82) is 0 Å². The highest BCUT2D eigenvalue weighted by Gasteiger charge is 2.30. The van der Waals surface area contributed by atoms with Crippen molar-refractivity contribution in [2.24, 2.45) is 5.73 Å². The molecule has 0 radical (unpaired) electrons. The number of halogens is 3. The highest BCUT2D eigenvalue weighted by atomic mass is 19.3. The van der Waals surface area contributed by atoms with Gasteiger partial charge in [0.2, 0.25) is 0 Å². The second-order valence-corrected chi connectivity index (χ2v) is 3.33. The predicted molar refractivity (Wildman–Crippen MR) is 48.8 cm³/mol. The van der Waals surface area contributed by atoms with Crippen molar-refractivity contribution in [2.45, 2.75) is 19.8 Å². The van der Waals surface area contributed by atoms with E-state index in [9.17, 15) is 13.2 Å². The molecular formula is C10H12F3N. The van der Waals surface area contributed by atoms with Gasteiger partial charge in [-0.3, -0.25) is 0 Å². The van der Waals surface area contributed by atoms with Crippen molar-refractivity contribution in [2.75, 3.05) is 6.54 Å². The van der Waals surface area contributed by atoms with E-state index in [0.29, 0.717) is 0 Å². The molecule has 0 aliphatic heterocycles. The molecule has 4 heteroatoms. The minimum atomic E-state index is -3.08. The first-order valence-electron chi connectivity index (χ1n) is 4.23. The number of benzene rings is 1. The minimum Gasteiger partial charge on any atom is -0.325 e. The van der Waals surface area contributed by atoms with Crippen LogP contribution in [-0.4, -0.2) is 6.54 Å². The van der Waals surface area contributed by atoms with Gasteiger partial charge in [0, 0.05) is 5.56 Å². The molecule has 0 saturated heterocycles. The lowest BCUT2D eigenvalue weighted by Gasteiger charge is -2.16. The lowest BCUT2D eigenvalue weighted by Crippen LogP contribution is -2.25. The summed E-state index contributed by atoms with van der Waals surface area (Å²) < 4.78 is 39.4. The lowest BCUT2D eigenvalue weighted by molar-refractivity contribution is 0.00577. The molecule has 0 spiro atoms. The van der Waals surface area contributed by atoms with E-state index in [1.807, 2.05) is 0 Å². The van der Waals surface area contributed by atoms with Crippen LogP contribution in [0.15, 0.2) is 12.1 Å². The maximum atomic E-state index is 13.1. The fraction of sp³-hybridized carbons (Fsp3) is 0.400. The van der Waals surface area contributed by atoms with Gasteiger partial charge >= 0.3 is 0 Å². The Labute approximate surface area is 80.7 Å². The molecule has 0 amide bonds. The van der Waals surface area contributed by atoms with E-state index in [1.54, 1.807) is 0 Å². The molecule has 0 saturated carbocycles. The van der Waals surface area contributed by atoms with Crippen LogP contribution in [0.5, 0.6) is 0 Å². The normalized spacial score (nSPS) is 11.9. The third-order valence-electron chi connectivity index (χ3n) is 2.12. The van der Waals surface area contributed by atoms with Crippen LogP contribution in [0.25, 0.3) is 0 Å². The lowest BCUT2D eigenvalue weighted by atomic mass is 10.0. The second kappa shape index (κ2) is 3.61. The first-order chi connectivity index (χ1) is 6.38. The van der Waals surface area contributed by atoms with Crippen LogP contribution in [0.3, 0.4) is 0 Å². The van der Waals surface area contributed by atoms with Gasteiger partial charge in [-0.05, 0) is 37.1 Å². The molecule has 0 atom stereocenters. The Balaban J connectivity index is 3.26. The molecule has 1 aromatic rings. The molecule has 0 aromatic heterocycles. The van der Waals surface area contributed by atoms with Gasteiger partial charge in [0.05, 0.1) is 6.54 Å². The van der Waals surface area contributed by atoms with Crippen LogP contribution >= 0.6 is 0 Å². The van der Waals surface area contributed by atoms with Gasteiger partial charge in [-0.25, -0.2) is 4.39 Å². The van der Waals surface area contributed by atoms with Crippen LogP contribution in [0, 0.1) is 19.7 Å². The standard InChI is InChI=1S/C10H12F3N/c1-6-3-8(10(12,13)5-14)4-7(2)9(6)11/h3-4H,5,14H2,1-2H3. The summed E-state index contributed by atoms with van der Waals surface area (Å²) in [5, 5.41) is 0. The molecule has 0 aliphatic carbocycles. The van der Waals surface area contributed by atoms with Crippen LogP contribution in [0.2, 0.25) is 0 Å². The van der Waals surface area contributed by atoms with Crippen molar-refractivity contribution in [1.82, 2.24) is 0 Å². The van der Waals surface area contributed by atoms with Crippen LogP contribution in [0.1, 0.15) is 16.7 Å². The second-order valence-electron chi connectivity index (χ2n) is 3.33. The van der Waals surface area contributed by atoms with Gasteiger partial charge in [0.1, 0.15) is 5.82 Å². The quantitative estimate of drug-likeness (QED) is 0.785. The Morgan fingerprint density at radius 3 is 2.00 bits per heavy atom. The summed E-state index contributed by atoms with van der Waals surface area (Å²) in [7, 11) is 0. The maximum Gasteiger partial charge on any atom is 0.285 e. The predicted octanol–water partition coefficient (Wildman–Crippen LogP) is 2.49. The first kappa shape index (κ1) is 11.0. The van der Waals surface area contributed by atoms with E-state index in [4.69, 9.17) is 5.73 Å². The first-order valence-corrected chi connectivity index (χ1v) is 4.23. The van der Waals surface area contributed by atoms with E-state index in [0.717, 1.165) is 12.1 Å². The van der Waals surface area contributed by atoms with Crippen molar-refractivity contribution in [3.63, 3.8) is 0 Å². The Hall–Kier alpha value is -1.03. The van der Waals surface area contributed by atoms with Gasteiger partial charge in [0.15, 0.2) is 0 Å². The Morgan fingerprint density at radius 1 is 1.21 bits per heavy atom. The fourth-order valence-electron chi connectivity index (χ4n) is 1.27. The molecule has 0 bridgehead atoms. The average molecular weight is 203 g/mol. The van der Waals surface area contributed by atoms with Gasteiger partial charge in [0.25, 0.3) is 5.92 Å². The summed E-state index contributed by atoms with van der Waals surface area (Å²) in [6.07, 6.45) is 0. The van der Waals surface area contributed by atoms with Crippen LogP contribution in [-0.2, 0) is 5.92 Å². The average Bonchev–Trinajstić information content (AvgIpc) is 2.13. The molecule has 0 unspecified atom stereocenters. The Bertz CT molecular complexity index is 324. The van der Waals surface area contributed by atoms with Crippen molar-refractivity contribution in [3.05, 3.63) is 34.6 Å². The Morgan fingerprint density at radius 2 is 1.64 bits per heavy atom. The van der Waals surface area contributed by atoms with Crippen molar-refractivity contribution >= 4 is 0 Å². The zero-order chi connectivity index (χ0) is 10.9. The molecule has 78 valence electrons. The van der Waals surface area contributed by atoms with Gasteiger partial charge < -0.3 is 5.73 Å². The van der Waals surface area contributed by atoms with E-state index in [-0.39, 0.29) is 16.7 Å². The maximum absolute atomic E-state index is 13.1. The number of nitrogens with two attached hydrogens (primary N) is 1. The summed E-state index contributed by atoms with van der Waals surface area (Å²) in [5.41, 5.74) is 5.14. The third kappa shape index (κ3) is 1.90. The zero-order valence-corrected chi connectivity index (χ0v) is 8.07. The third-order valence-corrected chi connectivity index (χ3v) is 2.12. The number of aryl methyl sites for hydroxylation is 2. The van der Waals surface area contributed by atoms with Crippen LogP contribution < -0.4 is 5.73 Å². The molecular weight excluding hydrogens is 191 g/mol. The minimum absolute atomic E-state index is 0.216. The Kier molecular flexibility index (Phi) is 2.85. The highest BCUT2D eigenvalue weighted by molar-refractivity contribution is 5.33. The number of hydrogen-bond donors (Lipinski definition) is 1. The molecule has 14 heavy (non-hydrogen) atoms. The molecule has 0 aliphatic rings. The van der Waals surface area contributed by atoms with Crippen molar-refractivity contribution < 1.29 is 13.2 Å². The summed E-state index contributed by atoms with van der Waals surface area (Å²) in [5.74, 6) is -3.52. The molecule has 0 heterocycles. The molecule has 1 rings (SSSR count). The monoisotopic (exact) mass is 203 g/mol. The van der Waals surface area contributed by atoms with Gasteiger partial charge in [-0.1, -0.05) is 0 Å². The largest absolute Gasteiger partial charge is 0.325 e. The van der Waals surface area contributed by atoms with Crippen LogP contribution in [0.4, 0.5) is 13.2 Å². The molecule has 2 N–H and O–H groups in total. The zero-order valence-electron chi connectivity index (χ0n) is 8.07. The van der Waals surface area contributed by atoms with Crippen molar-refractivity contribution in [3.8, 4) is 0 Å². The van der Waals surface area contributed by atoms with E-state index in [2.05, 4.69) is 0 Å². The summed E-state index contributed by atoms with van der Waals surface area (Å²) >= 11 is 0. The number of hydrogen-bond acceptors (Lipinski definition) is 1. The highest BCUT2D eigenvalue weighted by Crippen LogP contribution is 2.29. The topological polar surface area (TPSA) is 26.0 Å². The van der Waals surface area contributed by atoms with Gasteiger partial charge in [-0.15, -0.1) is 0 Å². The van der Waals surface area contributed by atoms with E-state index >= 15 is 0 Å². The molecule has 0 fully saturated rings. The number of alkyl halides is 2. The van der Waals surface area contributed by atoms with E-state index in [1.165, 1.54) is 13.8 Å². The summed E-state index contributed by atoms with van der Waals surface area (Å²) in [6, 6.07) is 2.27. The fourth-order valence-corrected chi connectivity index (χ4v) is 1.27. The molecule has 1 nitrogen and oxygen atoms in total. The number of rotatable bonds is 2. The SMILES string of the molecule is Cc1cc(C(F)(F)CN)cc(C)c1F. The van der Waals surface area contributed by atoms with E-state index < -0.39 is 18.3 Å². The van der Waals surface area contributed by atoms with Gasteiger partial charge in [-0.2, -0.15) is 8.78 Å². The molecule has 1 aromatic carbocycles. The smallest absolute Gasteiger partial charge is 0.285 e. The summed E-state index contributed by atoms with van der Waals surface area (Å²) in [4.78, 5) is 0. The summed E-state index contributed by atoms with van der Waals surface area (Å²) in [6.45, 7) is 2.15.